The number of carbonyl (C=O) groups is 2. The zero-order valence-electron chi connectivity index (χ0n) is 11.9. The summed E-state index contributed by atoms with van der Waals surface area (Å²) in [6.45, 7) is 1.31. The van der Waals surface area contributed by atoms with Crippen molar-refractivity contribution in [2.45, 2.75) is 13.1 Å². The van der Waals surface area contributed by atoms with Gasteiger partial charge in [-0.25, -0.2) is 4.79 Å². The second-order valence-electron chi connectivity index (χ2n) is 4.83. The molecular weight excluding hydrogens is 311 g/mol. The topological polar surface area (TPSA) is 66.4 Å². The molecule has 0 unspecified atom stereocenters. The zero-order chi connectivity index (χ0) is 17.2. The summed E-state index contributed by atoms with van der Waals surface area (Å²) in [5.41, 5.74) is -1.25. The summed E-state index contributed by atoms with van der Waals surface area (Å²) in [6, 6.07) is 8.83. The second-order valence-corrected chi connectivity index (χ2v) is 4.83. The standard InChI is InChI=1S/C16H12F3NO3/c1-9-6-7-10(8-13(9)16(17,18)19)20-14(21)11-4-2-3-5-12(11)15(22)23/h2-8H,1H3,(H,20,21)(H,22,23). The molecule has 0 aliphatic rings. The Labute approximate surface area is 129 Å². The maximum atomic E-state index is 12.9. The highest BCUT2D eigenvalue weighted by molar-refractivity contribution is 6.10. The van der Waals surface area contributed by atoms with E-state index >= 15 is 0 Å². The lowest BCUT2D eigenvalue weighted by atomic mass is 10.1. The van der Waals surface area contributed by atoms with Gasteiger partial charge in [0.05, 0.1) is 16.7 Å². The van der Waals surface area contributed by atoms with Gasteiger partial charge in [0, 0.05) is 5.69 Å². The van der Waals surface area contributed by atoms with E-state index in [0.29, 0.717) is 0 Å². The number of hydrogen-bond acceptors (Lipinski definition) is 2. The highest BCUT2D eigenvalue weighted by atomic mass is 19.4. The Morgan fingerprint density at radius 1 is 1.04 bits per heavy atom. The van der Waals surface area contributed by atoms with Crippen LogP contribution in [-0.2, 0) is 6.18 Å². The highest BCUT2D eigenvalue weighted by Gasteiger charge is 2.32. The second kappa shape index (κ2) is 6.12. The maximum Gasteiger partial charge on any atom is 0.416 e. The van der Waals surface area contributed by atoms with Crippen molar-refractivity contribution < 1.29 is 27.9 Å². The number of anilines is 1. The van der Waals surface area contributed by atoms with Crippen molar-refractivity contribution in [3.05, 3.63) is 64.7 Å². The van der Waals surface area contributed by atoms with Crippen molar-refractivity contribution in [1.82, 2.24) is 0 Å². The van der Waals surface area contributed by atoms with Gasteiger partial charge in [-0.2, -0.15) is 13.2 Å². The van der Waals surface area contributed by atoms with E-state index in [-0.39, 0.29) is 22.4 Å². The van der Waals surface area contributed by atoms with E-state index in [0.717, 1.165) is 6.07 Å². The molecule has 4 nitrogen and oxygen atoms in total. The first kappa shape index (κ1) is 16.5. The van der Waals surface area contributed by atoms with Crippen molar-refractivity contribution in [2.75, 3.05) is 5.32 Å². The van der Waals surface area contributed by atoms with Crippen LogP contribution < -0.4 is 5.32 Å². The lowest BCUT2D eigenvalue weighted by molar-refractivity contribution is -0.138. The van der Waals surface area contributed by atoms with Crippen LogP contribution in [0.5, 0.6) is 0 Å². The zero-order valence-corrected chi connectivity index (χ0v) is 11.9. The highest BCUT2D eigenvalue weighted by Crippen LogP contribution is 2.33. The number of aromatic carboxylic acids is 1. The smallest absolute Gasteiger partial charge is 0.416 e. The van der Waals surface area contributed by atoms with Crippen molar-refractivity contribution in [3.63, 3.8) is 0 Å². The van der Waals surface area contributed by atoms with Crippen LogP contribution in [0.4, 0.5) is 18.9 Å². The van der Waals surface area contributed by atoms with E-state index < -0.39 is 23.6 Å². The quantitative estimate of drug-likeness (QED) is 0.898. The fourth-order valence-corrected chi connectivity index (χ4v) is 2.07. The van der Waals surface area contributed by atoms with E-state index in [4.69, 9.17) is 5.11 Å². The molecule has 0 atom stereocenters. The van der Waals surface area contributed by atoms with Gasteiger partial charge in [-0.1, -0.05) is 18.2 Å². The number of carbonyl (C=O) groups excluding carboxylic acids is 1. The number of rotatable bonds is 3. The van der Waals surface area contributed by atoms with Crippen molar-refractivity contribution in [1.29, 1.82) is 0 Å². The average Bonchev–Trinajstić information content (AvgIpc) is 2.48. The summed E-state index contributed by atoms with van der Waals surface area (Å²) in [6.07, 6.45) is -4.54. The minimum absolute atomic E-state index is 0.0291. The van der Waals surface area contributed by atoms with Gasteiger partial charge in [-0.3, -0.25) is 4.79 Å². The Bertz CT molecular complexity index is 769. The number of aryl methyl sites for hydroxylation is 1. The number of nitrogens with one attached hydrogen (secondary N) is 1. The van der Waals surface area contributed by atoms with E-state index in [9.17, 15) is 22.8 Å². The van der Waals surface area contributed by atoms with Gasteiger partial charge in [0.15, 0.2) is 0 Å². The van der Waals surface area contributed by atoms with E-state index in [1.54, 1.807) is 0 Å². The molecule has 0 spiro atoms. The predicted octanol–water partition coefficient (Wildman–Crippen LogP) is 3.96. The number of carboxylic acids is 1. The fourth-order valence-electron chi connectivity index (χ4n) is 2.07. The molecular formula is C16H12F3NO3. The van der Waals surface area contributed by atoms with E-state index in [1.807, 2.05) is 0 Å². The van der Waals surface area contributed by atoms with Crippen LogP contribution in [0.1, 0.15) is 31.8 Å². The summed E-state index contributed by atoms with van der Waals surface area (Å²) in [7, 11) is 0. The van der Waals surface area contributed by atoms with Crippen LogP contribution in [0.15, 0.2) is 42.5 Å². The van der Waals surface area contributed by atoms with Crippen LogP contribution >= 0.6 is 0 Å². The molecule has 0 saturated heterocycles. The van der Waals surface area contributed by atoms with Gasteiger partial charge in [0.1, 0.15) is 0 Å². The first-order valence-corrected chi connectivity index (χ1v) is 6.51. The van der Waals surface area contributed by atoms with Gasteiger partial charge in [-0.15, -0.1) is 0 Å². The van der Waals surface area contributed by atoms with Crippen molar-refractivity contribution in [2.24, 2.45) is 0 Å². The monoisotopic (exact) mass is 323 g/mol. The number of carboxylic acid groups (broad SMARTS) is 1. The Balaban J connectivity index is 2.34. The Morgan fingerprint density at radius 3 is 2.22 bits per heavy atom. The molecule has 0 radical (unpaired) electrons. The van der Waals surface area contributed by atoms with Gasteiger partial charge < -0.3 is 10.4 Å². The molecule has 0 aliphatic carbocycles. The minimum atomic E-state index is -4.54. The molecule has 2 aromatic carbocycles. The first-order valence-electron chi connectivity index (χ1n) is 6.51. The summed E-state index contributed by atoms with van der Waals surface area (Å²) in [5.74, 6) is -2.09. The molecule has 0 saturated carbocycles. The van der Waals surface area contributed by atoms with Crippen LogP contribution in [0.25, 0.3) is 0 Å². The predicted molar refractivity (Wildman–Crippen MR) is 77.5 cm³/mol. The lowest BCUT2D eigenvalue weighted by Crippen LogP contribution is -2.17. The molecule has 120 valence electrons. The van der Waals surface area contributed by atoms with Gasteiger partial charge in [-0.05, 0) is 36.8 Å². The Hall–Kier alpha value is -2.83. The Kier molecular flexibility index (Phi) is 4.40. The summed E-state index contributed by atoms with van der Waals surface area (Å²) >= 11 is 0. The SMILES string of the molecule is Cc1ccc(NC(=O)c2ccccc2C(=O)O)cc1C(F)(F)F. The first-order chi connectivity index (χ1) is 10.7. The average molecular weight is 323 g/mol. The van der Waals surface area contributed by atoms with Crippen molar-refractivity contribution in [3.8, 4) is 0 Å². The lowest BCUT2D eigenvalue weighted by Gasteiger charge is -2.13. The third-order valence-corrected chi connectivity index (χ3v) is 3.20. The van der Waals surface area contributed by atoms with E-state index in [2.05, 4.69) is 5.32 Å². The molecule has 0 heterocycles. The van der Waals surface area contributed by atoms with E-state index in [1.165, 1.54) is 43.3 Å². The van der Waals surface area contributed by atoms with Crippen molar-refractivity contribution >= 4 is 17.6 Å². The molecule has 23 heavy (non-hydrogen) atoms. The molecule has 1 amide bonds. The molecule has 0 bridgehead atoms. The number of benzene rings is 2. The normalized spacial score (nSPS) is 11.1. The summed E-state index contributed by atoms with van der Waals surface area (Å²) in [5, 5.41) is 11.3. The van der Waals surface area contributed by atoms with Crippen LogP contribution in [0, 0.1) is 6.92 Å². The van der Waals surface area contributed by atoms with Crippen LogP contribution in [0.2, 0.25) is 0 Å². The largest absolute Gasteiger partial charge is 0.478 e. The Morgan fingerprint density at radius 2 is 1.65 bits per heavy atom. The van der Waals surface area contributed by atoms with Gasteiger partial charge in [0.2, 0.25) is 0 Å². The van der Waals surface area contributed by atoms with Crippen LogP contribution in [0.3, 0.4) is 0 Å². The van der Waals surface area contributed by atoms with Gasteiger partial charge in [0.25, 0.3) is 5.91 Å². The number of hydrogen-bond donors (Lipinski definition) is 2. The molecule has 2 N–H and O–H groups in total. The fraction of sp³-hybridized carbons (Fsp3) is 0.125. The summed E-state index contributed by atoms with van der Waals surface area (Å²) in [4.78, 5) is 23.2. The number of amides is 1. The third-order valence-electron chi connectivity index (χ3n) is 3.20. The molecule has 7 heteroatoms. The number of alkyl halides is 3. The molecule has 0 aliphatic heterocycles. The summed E-state index contributed by atoms with van der Waals surface area (Å²) < 4.78 is 38.6. The van der Waals surface area contributed by atoms with Crippen LogP contribution in [-0.4, -0.2) is 17.0 Å². The minimum Gasteiger partial charge on any atom is -0.478 e. The molecule has 0 aromatic heterocycles. The molecule has 2 aromatic rings. The molecule has 0 fully saturated rings. The molecule has 2 rings (SSSR count). The number of halogens is 3. The van der Waals surface area contributed by atoms with Gasteiger partial charge >= 0.3 is 12.1 Å². The maximum absolute atomic E-state index is 12.9. The third kappa shape index (κ3) is 3.68.